The SMILES string of the molecule is NCCOCC1CCN1C(=O)C1CC1. The molecule has 1 saturated carbocycles. The van der Waals surface area contributed by atoms with E-state index in [1.807, 2.05) is 4.90 Å². The molecule has 1 saturated heterocycles. The summed E-state index contributed by atoms with van der Waals surface area (Å²) in [4.78, 5) is 13.6. The number of nitrogens with two attached hydrogens (primary N) is 1. The Labute approximate surface area is 84.4 Å². The molecule has 1 aliphatic carbocycles. The Kier molecular flexibility index (Phi) is 3.03. The summed E-state index contributed by atoms with van der Waals surface area (Å²) < 4.78 is 5.35. The number of carbonyl (C=O) groups is 1. The van der Waals surface area contributed by atoms with E-state index in [1.54, 1.807) is 0 Å². The van der Waals surface area contributed by atoms with Crippen molar-refractivity contribution in [3.05, 3.63) is 0 Å². The first-order valence-electron chi connectivity index (χ1n) is 5.41. The molecule has 1 unspecified atom stereocenters. The van der Waals surface area contributed by atoms with E-state index >= 15 is 0 Å². The summed E-state index contributed by atoms with van der Waals surface area (Å²) in [6.45, 7) is 2.74. The van der Waals surface area contributed by atoms with Crippen LogP contribution in [0.2, 0.25) is 0 Å². The van der Waals surface area contributed by atoms with Gasteiger partial charge in [0.1, 0.15) is 0 Å². The molecule has 2 fully saturated rings. The van der Waals surface area contributed by atoms with Crippen LogP contribution >= 0.6 is 0 Å². The van der Waals surface area contributed by atoms with Crippen LogP contribution in [0.3, 0.4) is 0 Å². The summed E-state index contributed by atoms with van der Waals surface area (Å²) in [6.07, 6.45) is 3.26. The molecular formula is C10H18N2O2. The minimum atomic E-state index is 0.328. The molecule has 0 aromatic heterocycles. The summed E-state index contributed by atoms with van der Waals surface area (Å²) in [5.41, 5.74) is 5.32. The van der Waals surface area contributed by atoms with Gasteiger partial charge in [-0.3, -0.25) is 4.79 Å². The van der Waals surface area contributed by atoms with Gasteiger partial charge in [-0.1, -0.05) is 0 Å². The van der Waals surface area contributed by atoms with Crippen LogP contribution in [0.4, 0.5) is 0 Å². The highest BCUT2D eigenvalue weighted by molar-refractivity contribution is 5.82. The second-order valence-electron chi connectivity index (χ2n) is 4.11. The zero-order valence-corrected chi connectivity index (χ0v) is 8.45. The maximum atomic E-state index is 11.7. The lowest BCUT2D eigenvalue weighted by atomic mass is 10.0. The third kappa shape index (κ3) is 2.07. The fourth-order valence-electron chi connectivity index (χ4n) is 1.77. The van der Waals surface area contributed by atoms with Crippen molar-refractivity contribution in [1.29, 1.82) is 0 Å². The topological polar surface area (TPSA) is 55.6 Å². The number of ether oxygens (including phenoxy) is 1. The molecule has 2 N–H and O–H groups in total. The first kappa shape index (κ1) is 9.93. The number of carbonyl (C=O) groups excluding carboxylic acids is 1. The van der Waals surface area contributed by atoms with Crippen molar-refractivity contribution in [2.45, 2.75) is 25.3 Å². The second-order valence-corrected chi connectivity index (χ2v) is 4.11. The van der Waals surface area contributed by atoms with Crippen LogP contribution < -0.4 is 5.73 Å². The third-order valence-electron chi connectivity index (χ3n) is 2.93. The van der Waals surface area contributed by atoms with Crippen LogP contribution in [-0.4, -0.2) is 43.2 Å². The second kappa shape index (κ2) is 4.28. The number of nitrogens with zero attached hydrogens (tertiary/aromatic N) is 1. The number of hydrogen-bond acceptors (Lipinski definition) is 3. The molecule has 1 amide bonds. The minimum Gasteiger partial charge on any atom is -0.378 e. The summed E-state index contributed by atoms with van der Waals surface area (Å²) in [7, 11) is 0. The Morgan fingerprint density at radius 3 is 2.71 bits per heavy atom. The van der Waals surface area contributed by atoms with Crippen molar-refractivity contribution in [2.24, 2.45) is 11.7 Å². The average molecular weight is 198 g/mol. The van der Waals surface area contributed by atoms with Crippen molar-refractivity contribution in [3.63, 3.8) is 0 Å². The average Bonchev–Trinajstić information content (AvgIpc) is 2.93. The highest BCUT2D eigenvalue weighted by Crippen LogP contribution is 2.34. The van der Waals surface area contributed by atoms with Gasteiger partial charge in [-0.25, -0.2) is 0 Å². The van der Waals surface area contributed by atoms with Crippen LogP contribution in [0.5, 0.6) is 0 Å². The Morgan fingerprint density at radius 2 is 2.21 bits per heavy atom. The normalized spacial score (nSPS) is 26.1. The summed E-state index contributed by atoms with van der Waals surface area (Å²) in [5, 5.41) is 0. The lowest BCUT2D eigenvalue weighted by molar-refractivity contribution is -0.142. The molecule has 1 atom stereocenters. The van der Waals surface area contributed by atoms with E-state index in [4.69, 9.17) is 10.5 Å². The molecule has 0 spiro atoms. The quantitative estimate of drug-likeness (QED) is 0.631. The molecule has 1 aliphatic heterocycles. The van der Waals surface area contributed by atoms with Crippen molar-refractivity contribution >= 4 is 5.91 Å². The predicted molar refractivity (Wildman–Crippen MR) is 52.7 cm³/mol. The van der Waals surface area contributed by atoms with E-state index in [0.717, 1.165) is 25.8 Å². The molecule has 0 bridgehead atoms. The van der Waals surface area contributed by atoms with E-state index in [1.165, 1.54) is 0 Å². The van der Waals surface area contributed by atoms with E-state index in [0.29, 0.717) is 37.6 Å². The lowest BCUT2D eigenvalue weighted by Gasteiger charge is -2.41. The van der Waals surface area contributed by atoms with E-state index in [-0.39, 0.29) is 0 Å². The maximum Gasteiger partial charge on any atom is 0.226 e. The third-order valence-corrected chi connectivity index (χ3v) is 2.93. The number of likely N-dealkylation sites (tertiary alicyclic amines) is 1. The first-order valence-corrected chi connectivity index (χ1v) is 5.41. The fraction of sp³-hybridized carbons (Fsp3) is 0.900. The van der Waals surface area contributed by atoms with Gasteiger partial charge < -0.3 is 15.4 Å². The predicted octanol–water partition coefficient (Wildman–Crippen LogP) is -0.0274. The smallest absolute Gasteiger partial charge is 0.226 e. The highest BCUT2D eigenvalue weighted by Gasteiger charge is 2.40. The maximum absolute atomic E-state index is 11.7. The van der Waals surface area contributed by atoms with Crippen LogP contribution in [0, 0.1) is 5.92 Å². The number of amides is 1. The summed E-state index contributed by atoms with van der Waals surface area (Å²) in [5.74, 6) is 0.685. The first-order chi connectivity index (χ1) is 6.83. The molecule has 2 rings (SSSR count). The van der Waals surface area contributed by atoms with Crippen LogP contribution in [0.1, 0.15) is 19.3 Å². The van der Waals surface area contributed by atoms with Gasteiger partial charge in [0, 0.05) is 19.0 Å². The molecule has 4 heteroatoms. The Balaban J connectivity index is 1.69. The van der Waals surface area contributed by atoms with Crippen LogP contribution in [0.15, 0.2) is 0 Å². The van der Waals surface area contributed by atoms with Gasteiger partial charge in [0.15, 0.2) is 0 Å². The largest absolute Gasteiger partial charge is 0.378 e. The Morgan fingerprint density at radius 1 is 1.43 bits per heavy atom. The lowest BCUT2D eigenvalue weighted by Crippen LogP contribution is -2.54. The standard InChI is InChI=1S/C10H18N2O2/c11-4-6-14-7-9-3-5-12(9)10(13)8-1-2-8/h8-9H,1-7,11H2. The van der Waals surface area contributed by atoms with Crippen molar-refractivity contribution in [2.75, 3.05) is 26.3 Å². The van der Waals surface area contributed by atoms with E-state index in [2.05, 4.69) is 0 Å². The number of hydrogen-bond donors (Lipinski definition) is 1. The van der Waals surface area contributed by atoms with Gasteiger partial charge in [-0.05, 0) is 19.3 Å². The summed E-state index contributed by atoms with van der Waals surface area (Å²) in [6, 6.07) is 0.328. The molecule has 0 aromatic rings. The molecular weight excluding hydrogens is 180 g/mol. The monoisotopic (exact) mass is 198 g/mol. The van der Waals surface area contributed by atoms with Crippen molar-refractivity contribution in [3.8, 4) is 0 Å². The molecule has 2 aliphatic rings. The van der Waals surface area contributed by atoms with Gasteiger partial charge in [0.05, 0.1) is 19.3 Å². The molecule has 0 radical (unpaired) electrons. The Hall–Kier alpha value is -0.610. The van der Waals surface area contributed by atoms with Gasteiger partial charge in [-0.15, -0.1) is 0 Å². The zero-order chi connectivity index (χ0) is 9.97. The van der Waals surface area contributed by atoms with Gasteiger partial charge in [0.25, 0.3) is 0 Å². The van der Waals surface area contributed by atoms with Gasteiger partial charge >= 0.3 is 0 Å². The van der Waals surface area contributed by atoms with Crippen molar-refractivity contribution < 1.29 is 9.53 Å². The minimum absolute atomic E-state index is 0.328. The van der Waals surface area contributed by atoms with Gasteiger partial charge in [0.2, 0.25) is 5.91 Å². The molecule has 14 heavy (non-hydrogen) atoms. The van der Waals surface area contributed by atoms with Crippen molar-refractivity contribution in [1.82, 2.24) is 4.90 Å². The molecule has 0 aromatic carbocycles. The molecule has 1 heterocycles. The zero-order valence-electron chi connectivity index (χ0n) is 8.45. The van der Waals surface area contributed by atoms with Crippen LogP contribution in [0.25, 0.3) is 0 Å². The number of rotatable bonds is 5. The molecule has 4 nitrogen and oxygen atoms in total. The highest BCUT2D eigenvalue weighted by atomic mass is 16.5. The van der Waals surface area contributed by atoms with E-state index in [9.17, 15) is 4.79 Å². The molecule has 80 valence electrons. The fourth-order valence-corrected chi connectivity index (χ4v) is 1.77. The van der Waals surface area contributed by atoms with Gasteiger partial charge in [-0.2, -0.15) is 0 Å². The summed E-state index contributed by atoms with van der Waals surface area (Å²) >= 11 is 0. The Bertz CT molecular complexity index is 216. The van der Waals surface area contributed by atoms with Crippen LogP contribution in [-0.2, 0) is 9.53 Å². The van der Waals surface area contributed by atoms with E-state index < -0.39 is 0 Å².